The lowest BCUT2D eigenvalue weighted by atomic mass is 10.2. The van der Waals surface area contributed by atoms with Crippen LogP contribution in [0.15, 0.2) is 12.1 Å². The van der Waals surface area contributed by atoms with Crippen LogP contribution in [0.25, 0.3) is 0 Å². The molecule has 1 fully saturated rings. The maximum absolute atomic E-state index is 13.5. The summed E-state index contributed by atoms with van der Waals surface area (Å²) < 4.78 is 24.2. The van der Waals surface area contributed by atoms with E-state index in [0.717, 1.165) is 32.8 Å². The minimum Gasteiger partial charge on any atom is -0.492 e. The van der Waals surface area contributed by atoms with Gasteiger partial charge in [0.25, 0.3) is 0 Å². The highest BCUT2D eigenvalue weighted by Gasteiger charge is 2.11. The number of hydrogen-bond acceptors (Lipinski definition) is 5. The summed E-state index contributed by atoms with van der Waals surface area (Å²) in [6, 6.07) is 4.38. The monoisotopic (exact) mass is 265 g/mol. The van der Waals surface area contributed by atoms with E-state index in [4.69, 9.17) is 20.5 Å². The van der Waals surface area contributed by atoms with E-state index in [1.807, 2.05) is 0 Å². The average Bonchev–Trinajstić information content (AvgIpc) is 2.40. The van der Waals surface area contributed by atoms with Gasteiger partial charge in [-0.05, 0) is 0 Å². The highest BCUT2D eigenvalue weighted by atomic mass is 19.1. The highest BCUT2D eigenvalue weighted by Crippen LogP contribution is 2.22. The van der Waals surface area contributed by atoms with Gasteiger partial charge >= 0.3 is 0 Å². The summed E-state index contributed by atoms with van der Waals surface area (Å²) in [5.74, 6) is -0.300. The summed E-state index contributed by atoms with van der Waals surface area (Å²) >= 11 is 0. The molecule has 0 aliphatic carbocycles. The summed E-state index contributed by atoms with van der Waals surface area (Å²) in [5, 5.41) is 8.71. The lowest BCUT2D eigenvalue weighted by molar-refractivity contribution is 0.0322. The molecule has 0 spiro atoms. The number of halogens is 1. The van der Waals surface area contributed by atoms with Crippen molar-refractivity contribution in [2.45, 2.75) is 0 Å². The fourth-order valence-corrected chi connectivity index (χ4v) is 1.92. The van der Waals surface area contributed by atoms with Crippen LogP contribution in [-0.2, 0) is 4.74 Å². The molecule has 6 heteroatoms. The summed E-state index contributed by atoms with van der Waals surface area (Å²) in [6.07, 6.45) is 0. The maximum Gasteiger partial charge on any atom is 0.146 e. The molecule has 1 saturated heterocycles. The zero-order valence-corrected chi connectivity index (χ0v) is 10.6. The number of morpholine rings is 1. The fraction of sp³-hybridized carbons (Fsp3) is 0.462. The number of nitrogen functional groups attached to an aromatic ring is 1. The Labute approximate surface area is 111 Å². The first-order chi connectivity index (χ1) is 9.20. The first-order valence-corrected chi connectivity index (χ1v) is 6.12. The molecule has 0 bridgehead atoms. The molecular weight excluding hydrogens is 249 g/mol. The molecule has 0 aromatic heterocycles. The Balaban J connectivity index is 1.87. The topological polar surface area (TPSA) is 71.5 Å². The van der Waals surface area contributed by atoms with Crippen LogP contribution in [0.2, 0.25) is 0 Å². The normalized spacial score (nSPS) is 16.0. The van der Waals surface area contributed by atoms with Crippen LogP contribution >= 0.6 is 0 Å². The Morgan fingerprint density at radius 2 is 2.16 bits per heavy atom. The number of hydrogen-bond donors (Lipinski definition) is 1. The van der Waals surface area contributed by atoms with Crippen molar-refractivity contribution in [3.63, 3.8) is 0 Å². The van der Waals surface area contributed by atoms with Gasteiger partial charge in [-0.15, -0.1) is 0 Å². The van der Waals surface area contributed by atoms with E-state index in [2.05, 4.69) is 4.90 Å². The number of benzene rings is 1. The van der Waals surface area contributed by atoms with E-state index in [-0.39, 0.29) is 11.3 Å². The van der Waals surface area contributed by atoms with Crippen molar-refractivity contribution in [3.05, 3.63) is 23.5 Å². The van der Waals surface area contributed by atoms with Gasteiger partial charge in [0.2, 0.25) is 0 Å². The van der Waals surface area contributed by atoms with Crippen molar-refractivity contribution in [1.82, 2.24) is 4.90 Å². The molecule has 19 heavy (non-hydrogen) atoms. The maximum atomic E-state index is 13.5. The van der Waals surface area contributed by atoms with E-state index < -0.39 is 5.82 Å². The molecule has 102 valence electrons. The molecule has 1 aromatic carbocycles. The molecular formula is C13H16FN3O2. The smallest absolute Gasteiger partial charge is 0.146 e. The van der Waals surface area contributed by atoms with Gasteiger partial charge in [0.05, 0.1) is 18.9 Å². The third-order valence-electron chi connectivity index (χ3n) is 2.99. The lowest BCUT2D eigenvalue weighted by Gasteiger charge is -2.26. The first-order valence-electron chi connectivity index (χ1n) is 6.12. The number of ether oxygens (including phenoxy) is 2. The zero-order chi connectivity index (χ0) is 13.7. The van der Waals surface area contributed by atoms with Crippen molar-refractivity contribution in [3.8, 4) is 11.8 Å². The molecule has 5 nitrogen and oxygen atoms in total. The Morgan fingerprint density at radius 1 is 1.42 bits per heavy atom. The zero-order valence-electron chi connectivity index (χ0n) is 10.6. The molecule has 0 unspecified atom stereocenters. The van der Waals surface area contributed by atoms with Crippen molar-refractivity contribution < 1.29 is 13.9 Å². The predicted molar refractivity (Wildman–Crippen MR) is 68.3 cm³/mol. The second-order valence-electron chi connectivity index (χ2n) is 4.28. The van der Waals surface area contributed by atoms with Crippen molar-refractivity contribution in [1.29, 1.82) is 5.26 Å². The number of nitriles is 1. The van der Waals surface area contributed by atoms with Gasteiger partial charge < -0.3 is 15.2 Å². The first kappa shape index (κ1) is 13.6. The van der Waals surface area contributed by atoms with Crippen molar-refractivity contribution in [2.75, 3.05) is 45.2 Å². The Kier molecular flexibility index (Phi) is 4.55. The van der Waals surface area contributed by atoms with Crippen LogP contribution in [0.3, 0.4) is 0 Å². The largest absolute Gasteiger partial charge is 0.492 e. The van der Waals surface area contributed by atoms with Gasteiger partial charge in [-0.2, -0.15) is 5.26 Å². The van der Waals surface area contributed by atoms with E-state index in [9.17, 15) is 4.39 Å². The molecule has 1 heterocycles. The second-order valence-corrected chi connectivity index (χ2v) is 4.28. The molecule has 0 atom stereocenters. The lowest BCUT2D eigenvalue weighted by Crippen LogP contribution is -2.38. The number of nitrogens with two attached hydrogens (primary N) is 1. The molecule has 1 aliphatic heterocycles. The molecule has 0 radical (unpaired) electrons. The van der Waals surface area contributed by atoms with E-state index in [1.165, 1.54) is 12.1 Å². The van der Waals surface area contributed by atoms with Crippen LogP contribution in [0.1, 0.15) is 5.56 Å². The predicted octanol–water partition coefficient (Wildman–Crippen LogP) is 0.991. The summed E-state index contributed by atoms with van der Waals surface area (Å²) in [4.78, 5) is 2.22. The molecule has 2 N–H and O–H groups in total. The fourth-order valence-electron chi connectivity index (χ4n) is 1.92. The molecule has 0 saturated carbocycles. The molecule has 1 aromatic rings. The van der Waals surface area contributed by atoms with Gasteiger partial charge in [0.15, 0.2) is 0 Å². The van der Waals surface area contributed by atoms with Gasteiger partial charge in [-0.1, -0.05) is 0 Å². The Morgan fingerprint density at radius 3 is 2.79 bits per heavy atom. The number of rotatable bonds is 4. The summed E-state index contributed by atoms with van der Waals surface area (Å²) in [6.45, 7) is 4.44. The van der Waals surface area contributed by atoms with Crippen LogP contribution in [-0.4, -0.2) is 44.4 Å². The SMILES string of the molecule is N#Cc1c(N)cc(OCCN2CCOCC2)cc1F. The Bertz CT molecular complexity index is 458. The minimum atomic E-state index is -0.649. The van der Waals surface area contributed by atoms with Gasteiger partial charge in [0, 0.05) is 31.8 Å². The quantitative estimate of drug-likeness (QED) is 0.822. The minimum absolute atomic E-state index is 0.101. The highest BCUT2D eigenvalue weighted by molar-refractivity contribution is 5.57. The Hall–Kier alpha value is -1.84. The average molecular weight is 265 g/mol. The van der Waals surface area contributed by atoms with Gasteiger partial charge in [-0.25, -0.2) is 4.39 Å². The standard InChI is InChI=1S/C13H16FN3O2/c14-12-7-10(8-13(16)11(12)9-15)19-6-3-17-1-4-18-5-2-17/h7-8H,1-6,16H2. The van der Waals surface area contributed by atoms with E-state index >= 15 is 0 Å². The third kappa shape index (κ3) is 3.56. The van der Waals surface area contributed by atoms with Crippen LogP contribution in [0.4, 0.5) is 10.1 Å². The van der Waals surface area contributed by atoms with E-state index in [0.29, 0.717) is 12.4 Å². The third-order valence-corrected chi connectivity index (χ3v) is 2.99. The van der Waals surface area contributed by atoms with Crippen LogP contribution < -0.4 is 10.5 Å². The van der Waals surface area contributed by atoms with E-state index in [1.54, 1.807) is 6.07 Å². The van der Waals surface area contributed by atoms with Crippen molar-refractivity contribution >= 4 is 5.69 Å². The van der Waals surface area contributed by atoms with Crippen LogP contribution in [0.5, 0.6) is 5.75 Å². The van der Waals surface area contributed by atoms with Crippen molar-refractivity contribution in [2.24, 2.45) is 0 Å². The molecule has 1 aliphatic rings. The molecule has 2 rings (SSSR count). The van der Waals surface area contributed by atoms with Gasteiger partial charge in [-0.3, -0.25) is 4.90 Å². The number of nitrogens with zero attached hydrogens (tertiary/aromatic N) is 2. The summed E-state index contributed by atoms with van der Waals surface area (Å²) in [5.41, 5.74) is 5.54. The second kappa shape index (κ2) is 6.36. The molecule has 0 amide bonds. The van der Waals surface area contributed by atoms with Gasteiger partial charge in [0.1, 0.15) is 29.8 Å². The number of anilines is 1. The van der Waals surface area contributed by atoms with Crippen LogP contribution in [0, 0.1) is 17.1 Å². The summed E-state index contributed by atoms with van der Waals surface area (Å²) in [7, 11) is 0.